The van der Waals surface area contributed by atoms with Gasteiger partial charge < -0.3 is 24.2 Å². The Bertz CT molecular complexity index is 1490. The molecule has 0 N–H and O–H groups in total. The second-order valence-corrected chi connectivity index (χ2v) is 17.4. The van der Waals surface area contributed by atoms with Gasteiger partial charge in [-0.05, 0) is 162 Å². The van der Waals surface area contributed by atoms with Crippen molar-refractivity contribution in [1.29, 1.82) is 0 Å². The van der Waals surface area contributed by atoms with Crippen molar-refractivity contribution in [3.05, 3.63) is 61.3 Å². The number of pyridine rings is 1. The van der Waals surface area contributed by atoms with Crippen LogP contribution >= 0.6 is 31.9 Å². The Morgan fingerprint density at radius 1 is 0.900 bits per heavy atom. The molecule has 3 aliphatic heterocycles. The van der Waals surface area contributed by atoms with Crippen molar-refractivity contribution in [1.82, 2.24) is 24.6 Å². The highest BCUT2D eigenvalue weighted by molar-refractivity contribution is 9.10. The fourth-order valence-electron chi connectivity index (χ4n) is 7.85. The van der Waals surface area contributed by atoms with E-state index in [0.717, 1.165) is 49.5 Å². The number of rotatable bonds is 5. The van der Waals surface area contributed by atoms with Crippen molar-refractivity contribution in [3.63, 3.8) is 0 Å². The normalized spacial score (nSPS) is 21.0. The van der Waals surface area contributed by atoms with Crippen LogP contribution in [0.5, 0.6) is 0 Å². The van der Waals surface area contributed by atoms with Gasteiger partial charge in [0.1, 0.15) is 11.9 Å². The number of aryl methyl sites for hydroxylation is 3. The van der Waals surface area contributed by atoms with E-state index in [0.29, 0.717) is 56.9 Å². The van der Waals surface area contributed by atoms with Crippen LogP contribution in [0, 0.1) is 18.8 Å². The minimum atomic E-state index is -0.500. The van der Waals surface area contributed by atoms with Crippen LogP contribution in [0.3, 0.4) is 0 Å². The molecule has 4 heterocycles. The maximum Gasteiger partial charge on any atom is 0.410 e. The zero-order valence-electron chi connectivity index (χ0n) is 30.6. The topological polar surface area (TPSA) is 86.3 Å². The van der Waals surface area contributed by atoms with Gasteiger partial charge in [-0.1, -0.05) is 22.0 Å². The van der Waals surface area contributed by atoms with Crippen molar-refractivity contribution >= 4 is 50.1 Å². The first-order chi connectivity index (χ1) is 23.8. The summed E-state index contributed by atoms with van der Waals surface area (Å²) >= 11 is 7.53. The lowest BCUT2D eigenvalue weighted by Crippen LogP contribution is -2.53. The van der Waals surface area contributed by atoms with Crippen molar-refractivity contribution < 1.29 is 19.1 Å². The van der Waals surface area contributed by atoms with E-state index >= 15 is 0 Å². The Morgan fingerprint density at radius 2 is 1.54 bits per heavy atom. The largest absolute Gasteiger partial charge is 0.444 e. The number of piperidine rings is 2. The number of hydrogen-bond donors (Lipinski definition) is 0. The van der Waals surface area contributed by atoms with Crippen LogP contribution < -0.4 is 0 Å². The Balaban J connectivity index is 0.000000194. The van der Waals surface area contributed by atoms with Gasteiger partial charge in [0.2, 0.25) is 5.91 Å². The third-order valence-corrected chi connectivity index (χ3v) is 11.7. The molecule has 3 fully saturated rings. The molecule has 2 aromatic rings. The SMILES string of the molecule is CC(C)(C)OC(=O)N1CCN(C(=O)CN2CCC(CC=O)CC2)CC1.Cc1cc(Br)c2c(c1)CCc1cc(Br)cnc1C2C1CCN(C)CC1. The first-order valence-corrected chi connectivity index (χ1v) is 19.9. The summed E-state index contributed by atoms with van der Waals surface area (Å²) in [6.45, 7) is 14.4. The van der Waals surface area contributed by atoms with Crippen LogP contribution in [0.2, 0.25) is 0 Å². The van der Waals surface area contributed by atoms with E-state index in [4.69, 9.17) is 9.72 Å². The second-order valence-electron chi connectivity index (χ2n) is 15.6. The van der Waals surface area contributed by atoms with Crippen LogP contribution in [-0.4, -0.2) is 114 Å². The van der Waals surface area contributed by atoms with Crippen LogP contribution in [0.1, 0.15) is 86.7 Å². The zero-order valence-corrected chi connectivity index (χ0v) is 33.7. The fraction of sp³-hybridized carbons (Fsp3) is 0.641. The number of hydrogen-bond acceptors (Lipinski definition) is 7. The van der Waals surface area contributed by atoms with Crippen molar-refractivity contribution in [2.45, 2.75) is 84.2 Å². The fourth-order valence-corrected chi connectivity index (χ4v) is 9.09. The summed E-state index contributed by atoms with van der Waals surface area (Å²) in [6, 6.07) is 6.96. The Hall–Kier alpha value is -2.34. The lowest BCUT2D eigenvalue weighted by Gasteiger charge is -2.37. The van der Waals surface area contributed by atoms with Crippen LogP contribution in [0.25, 0.3) is 0 Å². The highest BCUT2D eigenvalue weighted by atomic mass is 79.9. The van der Waals surface area contributed by atoms with Gasteiger partial charge in [-0.15, -0.1) is 0 Å². The predicted octanol–water partition coefficient (Wildman–Crippen LogP) is 6.85. The number of aromatic nitrogens is 1. The van der Waals surface area contributed by atoms with Crippen molar-refractivity contribution in [2.24, 2.45) is 11.8 Å². The Labute approximate surface area is 315 Å². The van der Waals surface area contributed by atoms with Gasteiger partial charge in [0.05, 0.1) is 12.2 Å². The second kappa shape index (κ2) is 17.5. The average molecular weight is 818 g/mol. The number of benzene rings is 1. The summed E-state index contributed by atoms with van der Waals surface area (Å²) in [5.41, 5.74) is 6.56. The van der Waals surface area contributed by atoms with E-state index in [-0.39, 0.29) is 12.0 Å². The molecule has 0 spiro atoms. The van der Waals surface area contributed by atoms with Gasteiger partial charge in [0.25, 0.3) is 0 Å². The number of halogens is 2. The van der Waals surface area contributed by atoms with E-state index in [1.807, 2.05) is 31.9 Å². The number of carbonyl (C=O) groups excluding carboxylic acids is 3. The minimum absolute atomic E-state index is 0.123. The number of aldehydes is 1. The van der Waals surface area contributed by atoms with Crippen molar-refractivity contribution in [2.75, 3.05) is 66.0 Å². The van der Waals surface area contributed by atoms with E-state index in [1.165, 1.54) is 58.4 Å². The quantitative estimate of drug-likeness (QED) is 0.305. The van der Waals surface area contributed by atoms with E-state index in [9.17, 15) is 14.4 Å². The Kier molecular flexibility index (Phi) is 13.6. The molecular formula is C39H55Br2N5O4. The number of nitrogens with zero attached hydrogens (tertiary/aromatic N) is 5. The van der Waals surface area contributed by atoms with Crippen LogP contribution in [0.4, 0.5) is 4.79 Å². The van der Waals surface area contributed by atoms with Gasteiger partial charge in [0, 0.05) is 53.7 Å². The van der Waals surface area contributed by atoms with Gasteiger partial charge in [0.15, 0.2) is 0 Å². The monoisotopic (exact) mass is 815 g/mol. The van der Waals surface area contributed by atoms with E-state index < -0.39 is 5.60 Å². The average Bonchev–Trinajstić information content (AvgIpc) is 3.22. The molecule has 1 aliphatic carbocycles. The number of amides is 2. The summed E-state index contributed by atoms with van der Waals surface area (Å²) < 4.78 is 7.73. The predicted molar refractivity (Wildman–Crippen MR) is 205 cm³/mol. The highest BCUT2D eigenvalue weighted by Crippen LogP contribution is 2.45. The smallest absolute Gasteiger partial charge is 0.410 e. The molecule has 1 unspecified atom stereocenters. The summed E-state index contributed by atoms with van der Waals surface area (Å²) in [4.78, 5) is 48.2. The maximum atomic E-state index is 12.5. The molecule has 2 amide bonds. The minimum Gasteiger partial charge on any atom is -0.444 e. The Morgan fingerprint density at radius 3 is 2.18 bits per heavy atom. The van der Waals surface area contributed by atoms with E-state index in [1.54, 1.807) is 4.90 Å². The molecule has 1 aromatic carbocycles. The third kappa shape index (κ3) is 10.4. The first kappa shape index (κ1) is 38.9. The van der Waals surface area contributed by atoms with Gasteiger partial charge >= 0.3 is 6.09 Å². The zero-order chi connectivity index (χ0) is 36.0. The summed E-state index contributed by atoms with van der Waals surface area (Å²) in [6.07, 6.45) is 9.94. The number of fused-ring (bicyclic) bond motifs is 2. The molecule has 0 saturated carbocycles. The molecule has 0 radical (unpaired) electrons. The van der Waals surface area contributed by atoms with Crippen LogP contribution in [0.15, 0.2) is 33.3 Å². The third-order valence-electron chi connectivity index (χ3n) is 10.6. The van der Waals surface area contributed by atoms with Gasteiger partial charge in [-0.2, -0.15) is 0 Å². The number of piperazine rings is 1. The lowest BCUT2D eigenvalue weighted by atomic mass is 9.76. The number of ether oxygens (including phenoxy) is 1. The molecule has 1 atom stereocenters. The molecule has 0 bridgehead atoms. The molecule has 11 heteroatoms. The first-order valence-electron chi connectivity index (χ1n) is 18.3. The number of likely N-dealkylation sites (tertiary alicyclic amines) is 2. The summed E-state index contributed by atoms with van der Waals surface area (Å²) in [5, 5.41) is 0. The van der Waals surface area contributed by atoms with Crippen LogP contribution in [-0.2, 0) is 27.2 Å². The lowest BCUT2D eigenvalue weighted by molar-refractivity contribution is -0.134. The molecule has 9 nitrogen and oxygen atoms in total. The van der Waals surface area contributed by atoms with Crippen molar-refractivity contribution in [3.8, 4) is 0 Å². The maximum absolute atomic E-state index is 12.5. The summed E-state index contributed by atoms with van der Waals surface area (Å²) in [7, 11) is 2.24. The molecule has 4 aliphatic rings. The van der Waals surface area contributed by atoms with Gasteiger partial charge in [-0.25, -0.2) is 4.79 Å². The molecule has 50 heavy (non-hydrogen) atoms. The van der Waals surface area contributed by atoms with Gasteiger partial charge in [-0.3, -0.25) is 14.7 Å². The van der Waals surface area contributed by atoms with E-state index in [2.05, 4.69) is 73.8 Å². The number of carbonyl (C=O) groups is 3. The molecule has 1 aromatic heterocycles. The molecule has 3 saturated heterocycles. The summed E-state index contributed by atoms with van der Waals surface area (Å²) in [5.74, 6) is 1.67. The highest BCUT2D eigenvalue weighted by Gasteiger charge is 2.35. The standard InChI is InChI=1S/C21H24Br2N2.C18H31N3O4/c1-13-9-15-3-4-16-11-17(22)12-24-21(16)20(19(15)18(23)10-13)14-5-7-25(2)8-6-14;1-18(2,3)25-17(24)21-11-9-20(10-12-21)16(23)14-19-7-4-15(5-8-19)6-13-22/h9-12,14,20H,3-8H2,1-2H3;13,15H,4-12,14H2,1-3H3. The molecular weight excluding hydrogens is 762 g/mol. The molecule has 274 valence electrons. The molecule has 6 rings (SSSR count).